The van der Waals surface area contributed by atoms with E-state index in [0.717, 1.165) is 0 Å². The molecule has 24 heavy (non-hydrogen) atoms. The Labute approximate surface area is 146 Å². The molecular weight excluding hydrogens is 330 g/mol. The molecule has 1 heterocycles. The van der Waals surface area contributed by atoms with Gasteiger partial charge >= 0.3 is 0 Å². The van der Waals surface area contributed by atoms with E-state index >= 15 is 0 Å². The van der Waals surface area contributed by atoms with Crippen molar-refractivity contribution in [2.75, 3.05) is 12.4 Å². The number of nitrogens with zero attached hydrogens (tertiary/aromatic N) is 2. The molecule has 1 aromatic carbocycles. The van der Waals surface area contributed by atoms with Gasteiger partial charge in [-0.15, -0.1) is 0 Å². The van der Waals surface area contributed by atoms with Crippen LogP contribution in [0.25, 0.3) is 0 Å². The summed E-state index contributed by atoms with van der Waals surface area (Å²) in [5, 5.41) is 7.22. The number of carbonyl (C=O) groups is 1. The fourth-order valence-electron chi connectivity index (χ4n) is 2.00. The van der Waals surface area contributed by atoms with Crippen molar-refractivity contribution in [3.8, 4) is 5.75 Å². The summed E-state index contributed by atoms with van der Waals surface area (Å²) in [6.07, 6.45) is 1.50. The van der Waals surface area contributed by atoms with Crippen molar-refractivity contribution in [2.24, 2.45) is 0 Å². The van der Waals surface area contributed by atoms with Gasteiger partial charge < -0.3 is 14.6 Å². The van der Waals surface area contributed by atoms with Crippen molar-refractivity contribution in [1.82, 2.24) is 10.1 Å². The third kappa shape index (κ3) is 4.96. The summed E-state index contributed by atoms with van der Waals surface area (Å²) < 4.78 is 10.3. The molecule has 0 fully saturated rings. The molecule has 0 bridgehead atoms. The molecule has 0 saturated heterocycles. The summed E-state index contributed by atoms with van der Waals surface area (Å²) >= 11 is 6.07. The monoisotopic (exact) mass is 351 g/mol. The standard InChI is InChI=1S/C17H22ClN3O3/c1-17(2,3)16-20-15(24-21-16)7-5-6-14(22)19-13-10-11(23-4)8-9-12(13)18/h8-10H,5-7H2,1-4H3,(H,19,22). The second-order valence-electron chi connectivity index (χ2n) is 6.51. The van der Waals surface area contributed by atoms with Crippen LogP contribution in [-0.4, -0.2) is 23.2 Å². The number of halogens is 1. The molecule has 7 heteroatoms. The molecule has 0 atom stereocenters. The maximum Gasteiger partial charge on any atom is 0.226 e. The molecule has 2 aromatic rings. The zero-order valence-corrected chi connectivity index (χ0v) is 15.1. The van der Waals surface area contributed by atoms with Crippen LogP contribution in [0.1, 0.15) is 45.3 Å². The van der Waals surface area contributed by atoms with E-state index in [2.05, 4.69) is 15.5 Å². The van der Waals surface area contributed by atoms with Crippen LogP contribution in [0.5, 0.6) is 5.75 Å². The third-order valence-electron chi connectivity index (χ3n) is 3.38. The highest BCUT2D eigenvalue weighted by Crippen LogP contribution is 2.27. The normalized spacial score (nSPS) is 11.4. The molecule has 0 unspecified atom stereocenters. The van der Waals surface area contributed by atoms with Crippen LogP contribution in [0, 0.1) is 0 Å². The fraction of sp³-hybridized carbons (Fsp3) is 0.471. The van der Waals surface area contributed by atoms with Crippen molar-refractivity contribution in [1.29, 1.82) is 0 Å². The number of nitrogens with one attached hydrogen (secondary N) is 1. The predicted octanol–water partition coefficient (Wildman–Crippen LogP) is 3.99. The number of benzene rings is 1. The van der Waals surface area contributed by atoms with Crippen LogP contribution >= 0.6 is 11.6 Å². The first-order chi connectivity index (χ1) is 11.3. The van der Waals surface area contributed by atoms with E-state index in [0.29, 0.717) is 47.4 Å². The van der Waals surface area contributed by atoms with E-state index in [1.165, 1.54) is 0 Å². The largest absolute Gasteiger partial charge is 0.497 e. The Kier molecular flexibility index (Phi) is 5.83. The Balaban J connectivity index is 1.84. The van der Waals surface area contributed by atoms with Crippen LogP contribution < -0.4 is 10.1 Å². The SMILES string of the molecule is COc1ccc(Cl)c(NC(=O)CCCc2nc(C(C)(C)C)no2)c1. The molecule has 0 aliphatic rings. The summed E-state index contributed by atoms with van der Waals surface area (Å²) in [7, 11) is 1.56. The molecular formula is C17H22ClN3O3. The molecule has 130 valence electrons. The van der Waals surface area contributed by atoms with E-state index in [9.17, 15) is 4.79 Å². The number of amides is 1. The van der Waals surface area contributed by atoms with Crippen molar-refractivity contribution >= 4 is 23.2 Å². The summed E-state index contributed by atoms with van der Waals surface area (Å²) in [6, 6.07) is 5.11. The highest BCUT2D eigenvalue weighted by atomic mass is 35.5. The minimum atomic E-state index is -0.151. The van der Waals surface area contributed by atoms with Crippen molar-refractivity contribution in [2.45, 2.75) is 45.4 Å². The molecule has 0 spiro atoms. The van der Waals surface area contributed by atoms with E-state index in [1.54, 1.807) is 25.3 Å². The second kappa shape index (κ2) is 7.66. The summed E-state index contributed by atoms with van der Waals surface area (Å²) in [5.41, 5.74) is 0.385. The first-order valence-corrected chi connectivity index (χ1v) is 8.14. The lowest BCUT2D eigenvalue weighted by molar-refractivity contribution is -0.116. The average Bonchev–Trinajstić information content (AvgIpc) is 2.98. The Bertz CT molecular complexity index is 707. The molecule has 2 rings (SSSR count). The van der Waals surface area contributed by atoms with Gasteiger partial charge in [0, 0.05) is 24.3 Å². The summed E-state index contributed by atoms with van der Waals surface area (Å²) in [6.45, 7) is 6.06. The number of hydrogen-bond donors (Lipinski definition) is 1. The Morgan fingerprint density at radius 3 is 2.75 bits per heavy atom. The number of hydrogen-bond acceptors (Lipinski definition) is 5. The maximum absolute atomic E-state index is 12.0. The van der Waals surface area contributed by atoms with Gasteiger partial charge in [0.15, 0.2) is 5.82 Å². The van der Waals surface area contributed by atoms with Crippen LogP contribution in [0.15, 0.2) is 22.7 Å². The van der Waals surface area contributed by atoms with Crippen LogP contribution in [0.2, 0.25) is 5.02 Å². The topological polar surface area (TPSA) is 77.2 Å². The molecule has 0 radical (unpaired) electrons. The minimum Gasteiger partial charge on any atom is -0.497 e. The molecule has 0 aliphatic heterocycles. The lowest BCUT2D eigenvalue weighted by Gasteiger charge is -2.10. The van der Waals surface area contributed by atoms with Gasteiger partial charge in [-0.1, -0.05) is 37.5 Å². The van der Waals surface area contributed by atoms with E-state index in [1.807, 2.05) is 20.8 Å². The number of anilines is 1. The number of ether oxygens (including phenoxy) is 1. The van der Waals surface area contributed by atoms with Gasteiger partial charge in [0.25, 0.3) is 0 Å². The lowest BCUT2D eigenvalue weighted by Crippen LogP contribution is -2.13. The fourth-order valence-corrected chi connectivity index (χ4v) is 2.17. The minimum absolute atomic E-state index is 0.124. The quantitative estimate of drug-likeness (QED) is 0.851. The van der Waals surface area contributed by atoms with Crippen molar-refractivity contribution in [3.63, 3.8) is 0 Å². The highest BCUT2D eigenvalue weighted by molar-refractivity contribution is 6.33. The first kappa shape index (κ1) is 18.3. The number of aromatic nitrogens is 2. The number of carbonyl (C=O) groups excluding carboxylic acids is 1. The summed E-state index contributed by atoms with van der Waals surface area (Å²) in [4.78, 5) is 16.4. The first-order valence-electron chi connectivity index (χ1n) is 7.76. The van der Waals surface area contributed by atoms with E-state index < -0.39 is 0 Å². The number of aryl methyl sites for hydroxylation is 1. The molecule has 1 amide bonds. The van der Waals surface area contributed by atoms with Crippen LogP contribution in [0.3, 0.4) is 0 Å². The Hall–Kier alpha value is -2.08. The van der Waals surface area contributed by atoms with Gasteiger partial charge in [-0.05, 0) is 18.6 Å². The molecule has 0 saturated carbocycles. The van der Waals surface area contributed by atoms with Gasteiger partial charge in [0.05, 0.1) is 17.8 Å². The molecule has 0 aliphatic carbocycles. The van der Waals surface area contributed by atoms with Crippen molar-refractivity contribution < 1.29 is 14.1 Å². The Morgan fingerprint density at radius 1 is 1.38 bits per heavy atom. The van der Waals surface area contributed by atoms with E-state index in [-0.39, 0.29) is 11.3 Å². The lowest BCUT2D eigenvalue weighted by atomic mass is 9.96. The number of methoxy groups -OCH3 is 1. The summed E-state index contributed by atoms with van der Waals surface area (Å²) in [5.74, 6) is 1.73. The molecule has 1 aromatic heterocycles. The zero-order valence-electron chi connectivity index (χ0n) is 14.4. The zero-order chi connectivity index (χ0) is 17.7. The van der Waals surface area contributed by atoms with E-state index in [4.69, 9.17) is 20.9 Å². The smallest absolute Gasteiger partial charge is 0.226 e. The van der Waals surface area contributed by atoms with Crippen LogP contribution in [-0.2, 0) is 16.6 Å². The van der Waals surface area contributed by atoms with Gasteiger partial charge in [-0.2, -0.15) is 4.98 Å². The van der Waals surface area contributed by atoms with Gasteiger partial charge in [0.1, 0.15) is 5.75 Å². The average molecular weight is 352 g/mol. The second-order valence-corrected chi connectivity index (χ2v) is 6.92. The van der Waals surface area contributed by atoms with Crippen LogP contribution in [0.4, 0.5) is 5.69 Å². The van der Waals surface area contributed by atoms with Gasteiger partial charge in [-0.25, -0.2) is 0 Å². The number of rotatable bonds is 6. The molecule has 1 N–H and O–H groups in total. The third-order valence-corrected chi connectivity index (χ3v) is 3.71. The maximum atomic E-state index is 12.0. The van der Waals surface area contributed by atoms with Gasteiger partial charge in [0.2, 0.25) is 11.8 Å². The van der Waals surface area contributed by atoms with Crippen molar-refractivity contribution in [3.05, 3.63) is 34.9 Å². The highest BCUT2D eigenvalue weighted by Gasteiger charge is 2.20. The molecule has 6 nitrogen and oxygen atoms in total. The predicted molar refractivity (Wildman–Crippen MR) is 92.6 cm³/mol. The Morgan fingerprint density at radius 2 is 2.12 bits per heavy atom. The van der Waals surface area contributed by atoms with Gasteiger partial charge in [-0.3, -0.25) is 4.79 Å².